The van der Waals surface area contributed by atoms with Gasteiger partial charge in [0.1, 0.15) is 8.96 Å². The summed E-state index contributed by atoms with van der Waals surface area (Å²) in [6.45, 7) is 4.61. The fourth-order valence-corrected chi connectivity index (χ4v) is 0. The van der Waals surface area contributed by atoms with Gasteiger partial charge < -0.3 is 9.96 Å². The van der Waals surface area contributed by atoms with Gasteiger partial charge in [0.15, 0.2) is 0 Å². The Labute approximate surface area is 57.2 Å². The highest BCUT2D eigenvalue weighted by Gasteiger charge is 1.93. The predicted octanol–water partition coefficient (Wildman–Crippen LogP) is -1.24. The van der Waals surface area contributed by atoms with Gasteiger partial charge in [-0.05, 0) is 14.1 Å². The minimum Gasteiger partial charge on any atom is -0.358 e. The summed E-state index contributed by atoms with van der Waals surface area (Å²) in [6, 6.07) is 0. The van der Waals surface area contributed by atoms with Gasteiger partial charge >= 0.3 is 0 Å². The Morgan fingerprint density at radius 1 is 1.25 bits per heavy atom. The Hall–Kier alpha value is 0.354. The highest BCUT2D eigenvalue weighted by Crippen LogP contribution is 1.79. The van der Waals surface area contributed by atoms with Crippen LogP contribution in [0.5, 0.6) is 0 Å². The van der Waals surface area contributed by atoms with E-state index in [9.17, 15) is 0 Å². The Balaban J connectivity index is 0. The van der Waals surface area contributed by atoms with Crippen molar-refractivity contribution in [3.05, 3.63) is 0 Å². The fourth-order valence-electron chi connectivity index (χ4n) is 0. The number of hydrogen-bond donors (Lipinski definition) is 1. The second-order valence-electron chi connectivity index (χ2n) is 2.06. The van der Waals surface area contributed by atoms with Gasteiger partial charge in [-0.3, -0.25) is 0 Å². The van der Waals surface area contributed by atoms with E-state index in [0.717, 1.165) is 10.4 Å². The second kappa shape index (κ2) is 7.35. The van der Waals surface area contributed by atoms with Crippen molar-refractivity contribution in [1.82, 2.24) is 4.57 Å². The van der Waals surface area contributed by atoms with Crippen molar-refractivity contribution in [1.29, 1.82) is 0 Å². The van der Waals surface area contributed by atoms with Crippen LogP contribution in [0.15, 0.2) is 0 Å². The van der Waals surface area contributed by atoms with Crippen molar-refractivity contribution in [2.45, 2.75) is 13.1 Å². The lowest BCUT2D eigenvalue weighted by atomic mass is 11.3. The molecule has 0 heterocycles. The Morgan fingerprint density at radius 2 is 1.38 bits per heavy atom. The molecule has 52 valence electrons. The van der Waals surface area contributed by atoms with E-state index in [4.69, 9.17) is 0 Å². The summed E-state index contributed by atoms with van der Waals surface area (Å²) in [4.78, 5) is 0. The molecule has 0 bridgehead atoms. The van der Waals surface area contributed by atoms with Crippen LogP contribution in [0.4, 0.5) is 0 Å². The van der Waals surface area contributed by atoms with Crippen molar-refractivity contribution in [3.8, 4) is 0 Å². The molecule has 0 aliphatic rings. The van der Waals surface area contributed by atoms with Gasteiger partial charge in [0.05, 0.1) is 10.4 Å². The van der Waals surface area contributed by atoms with Gasteiger partial charge in [-0.1, -0.05) is 13.1 Å². The average molecular weight is 150 g/mol. The molecule has 0 aliphatic carbocycles. The van der Waals surface area contributed by atoms with Crippen LogP contribution in [0, 0.1) is 0 Å². The SMILES string of the molecule is CN(C)[SiH](C)C.N[SiH3]. The van der Waals surface area contributed by atoms with Crippen LogP contribution in [0.3, 0.4) is 0 Å². The van der Waals surface area contributed by atoms with Gasteiger partial charge in [0.25, 0.3) is 0 Å². The first-order valence-corrected chi connectivity index (χ1v) is 6.87. The lowest BCUT2D eigenvalue weighted by Crippen LogP contribution is -2.25. The van der Waals surface area contributed by atoms with Gasteiger partial charge in [0.2, 0.25) is 0 Å². The zero-order valence-electron chi connectivity index (χ0n) is 6.60. The molecule has 0 aromatic carbocycles. The molecule has 0 fully saturated rings. The van der Waals surface area contributed by atoms with E-state index in [1.807, 2.05) is 0 Å². The van der Waals surface area contributed by atoms with Crippen molar-refractivity contribution in [2.75, 3.05) is 14.1 Å². The number of nitrogens with two attached hydrogens (primary N) is 1. The summed E-state index contributed by atoms with van der Waals surface area (Å²) in [5.74, 6) is 0. The monoisotopic (exact) mass is 150 g/mol. The molecule has 4 heteroatoms. The molecule has 0 rings (SSSR count). The van der Waals surface area contributed by atoms with E-state index in [2.05, 4.69) is 37.2 Å². The van der Waals surface area contributed by atoms with E-state index >= 15 is 0 Å². The smallest absolute Gasteiger partial charge is 0.105 e. The molecule has 0 spiro atoms. The molecule has 0 aromatic heterocycles. The molecule has 2 N–H and O–H groups in total. The van der Waals surface area contributed by atoms with Crippen LogP contribution < -0.4 is 5.40 Å². The maximum Gasteiger partial charge on any atom is 0.105 e. The van der Waals surface area contributed by atoms with Gasteiger partial charge in [0, 0.05) is 0 Å². The van der Waals surface area contributed by atoms with Crippen LogP contribution in [-0.4, -0.2) is 38.0 Å². The normalized spacial score (nSPS) is 9.38. The molecule has 0 saturated carbocycles. The molecular weight excluding hydrogens is 132 g/mol. The zero-order chi connectivity index (χ0) is 7.15. The van der Waals surface area contributed by atoms with Crippen molar-refractivity contribution < 1.29 is 0 Å². The standard InChI is InChI=1S/C4H13NSi.H5NSi/c1-5(2)6(3)4;1-2/h6H,1-4H3;1H2,2H3. The van der Waals surface area contributed by atoms with Gasteiger partial charge in [-0.2, -0.15) is 0 Å². The number of rotatable bonds is 1. The zero-order valence-corrected chi connectivity index (χ0v) is 9.76. The third-order valence-electron chi connectivity index (χ3n) is 1.03. The lowest BCUT2D eigenvalue weighted by Gasteiger charge is -2.10. The largest absolute Gasteiger partial charge is 0.358 e. The van der Waals surface area contributed by atoms with Crippen LogP contribution in [0.1, 0.15) is 0 Å². The fraction of sp³-hybridized carbons (Fsp3) is 1.00. The number of nitrogens with zero attached hydrogens (tertiary/aromatic N) is 1. The Morgan fingerprint density at radius 3 is 1.38 bits per heavy atom. The molecule has 0 aromatic rings. The first-order chi connectivity index (χ1) is 3.64. The molecule has 2 nitrogen and oxygen atoms in total. The summed E-state index contributed by atoms with van der Waals surface area (Å²) in [5.41, 5.74) is 0. The van der Waals surface area contributed by atoms with Gasteiger partial charge in [-0.25, -0.2) is 0 Å². The first kappa shape index (κ1) is 11.2. The Kier molecular flexibility index (Phi) is 10.3. The molecule has 0 amide bonds. The maximum atomic E-state index is 4.64. The lowest BCUT2D eigenvalue weighted by molar-refractivity contribution is 0.648. The molecular formula is C4H18N2Si2. The van der Waals surface area contributed by atoms with Crippen LogP contribution >= 0.6 is 0 Å². The third-order valence-corrected chi connectivity index (χ3v) is 3.10. The van der Waals surface area contributed by atoms with E-state index in [1.165, 1.54) is 0 Å². The molecule has 8 heavy (non-hydrogen) atoms. The summed E-state index contributed by atoms with van der Waals surface area (Å²) in [5, 5.41) is 4.64. The summed E-state index contributed by atoms with van der Waals surface area (Å²) >= 11 is 0. The van der Waals surface area contributed by atoms with Crippen molar-refractivity contribution in [3.63, 3.8) is 0 Å². The van der Waals surface area contributed by atoms with Crippen LogP contribution in [-0.2, 0) is 0 Å². The molecule has 0 unspecified atom stereocenters. The molecule has 0 aliphatic heterocycles. The third kappa shape index (κ3) is 9.61. The number of hydrogen-bond acceptors (Lipinski definition) is 2. The topological polar surface area (TPSA) is 29.3 Å². The highest BCUT2D eigenvalue weighted by atomic mass is 28.3. The summed E-state index contributed by atoms with van der Waals surface area (Å²) in [6.07, 6.45) is 0. The van der Waals surface area contributed by atoms with E-state index in [-0.39, 0.29) is 0 Å². The summed E-state index contributed by atoms with van der Waals surface area (Å²) < 4.78 is 2.31. The minimum atomic E-state index is -0.410. The quantitative estimate of drug-likeness (QED) is 0.474. The maximum absolute atomic E-state index is 4.64. The van der Waals surface area contributed by atoms with Crippen LogP contribution in [0.25, 0.3) is 0 Å². The minimum absolute atomic E-state index is 0.410. The first-order valence-electron chi connectivity index (χ1n) is 2.88. The average Bonchev–Trinajstić information content (AvgIpc) is 1.72. The van der Waals surface area contributed by atoms with Crippen LogP contribution in [0.2, 0.25) is 13.1 Å². The Bertz CT molecular complexity index is 33.0. The van der Waals surface area contributed by atoms with E-state index < -0.39 is 8.96 Å². The van der Waals surface area contributed by atoms with Crippen molar-refractivity contribution in [2.24, 2.45) is 5.40 Å². The van der Waals surface area contributed by atoms with E-state index in [0.29, 0.717) is 0 Å². The van der Waals surface area contributed by atoms with Gasteiger partial charge in [-0.15, -0.1) is 0 Å². The summed E-state index contributed by atoms with van der Waals surface area (Å²) in [7, 11) is 4.67. The highest BCUT2D eigenvalue weighted by molar-refractivity contribution is 6.52. The van der Waals surface area contributed by atoms with Crippen molar-refractivity contribution >= 4 is 19.4 Å². The molecule has 0 atom stereocenters. The predicted molar refractivity (Wildman–Crippen MR) is 46.7 cm³/mol. The second-order valence-corrected chi connectivity index (χ2v) is 5.28. The molecule has 0 radical (unpaired) electrons. The van der Waals surface area contributed by atoms with E-state index in [1.54, 1.807) is 0 Å². The molecule has 0 saturated heterocycles.